The van der Waals surface area contributed by atoms with Crippen LogP contribution >= 0.6 is 0 Å². The summed E-state index contributed by atoms with van der Waals surface area (Å²) in [5, 5.41) is 10.0. The van der Waals surface area contributed by atoms with Crippen molar-refractivity contribution < 1.29 is 43.2 Å². The summed E-state index contributed by atoms with van der Waals surface area (Å²) in [6, 6.07) is 0. The van der Waals surface area contributed by atoms with Crippen molar-refractivity contribution in [2.24, 2.45) is 0 Å². The smallest absolute Gasteiger partial charge is 0.306 e. The van der Waals surface area contributed by atoms with Gasteiger partial charge in [0.05, 0.1) is 12.7 Å². The fraction of sp³-hybridized carbons (Fsp3) is 0.893. The second-order valence-electron chi connectivity index (χ2n) is 10.3. The number of hydrogen-bond donors (Lipinski definition) is 1. The highest BCUT2D eigenvalue weighted by Crippen LogP contribution is 2.32. The zero-order valence-corrected chi connectivity index (χ0v) is 23.0. The summed E-state index contributed by atoms with van der Waals surface area (Å²) in [6.45, 7) is 4.11. The predicted molar refractivity (Wildman–Crippen MR) is 137 cm³/mol. The van der Waals surface area contributed by atoms with Gasteiger partial charge in [0.1, 0.15) is 6.10 Å². The average Bonchev–Trinajstić information content (AvgIpc) is 2.84. The summed E-state index contributed by atoms with van der Waals surface area (Å²) < 4.78 is 29.3. The molecule has 0 radical (unpaired) electrons. The van der Waals surface area contributed by atoms with E-state index in [9.17, 15) is 19.5 Å². The Labute approximate surface area is 221 Å². The number of carbonyl (C=O) groups is 3. The molecular formula is C28H48O9. The van der Waals surface area contributed by atoms with Crippen LogP contribution in [0, 0.1) is 0 Å². The molecule has 2 saturated heterocycles. The van der Waals surface area contributed by atoms with E-state index in [4.69, 9.17) is 23.7 Å². The van der Waals surface area contributed by atoms with E-state index in [0.29, 0.717) is 6.42 Å². The third kappa shape index (κ3) is 11.7. The quantitative estimate of drug-likeness (QED) is 0.284. The summed E-state index contributed by atoms with van der Waals surface area (Å²) in [6.07, 6.45) is 9.01. The molecule has 0 saturated carbocycles. The van der Waals surface area contributed by atoms with E-state index in [1.54, 1.807) is 0 Å². The van der Waals surface area contributed by atoms with E-state index in [1.807, 2.05) is 0 Å². The Bertz CT molecular complexity index is 683. The van der Waals surface area contributed by atoms with Crippen LogP contribution in [0.5, 0.6) is 0 Å². The first-order valence-electron chi connectivity index (χ1n) is 14.3. The molecule has 0 aromatic carbocycles. The van der Waals surface area contributed by atoms with E-state index >= 15 is 0 Å². The van der Waals surface area contributed by atoms with Crippen LogP contribution in [0.15, 0.2) is 0 Å². The predicted octanol–water partition coefficient (Wildman–Crippen LogP) is 4.75. The second kappa shape index (κ2) is 17.7. The maximum atomic E-state index is 12.9. The molecular weight excluding hydrogens is 480 g/mol. The number of unbranched alkanes of at least 4 members (excludes halogenated alkanes) is 2. The zero-order chi connectivity index (χ0) is 27.0. The number of fused-ring (bicyclic) bond motifs is 1. The second-order valence-corrected chi connectivity index (χ2v) is 10.3. The van der Waals surface area contributed by atoms with Crippen molar-refractivity contribution in [1.82, 2.24) is 0 Å². The van der Waals surface area contributed by atoms with Crippen molar-refractivity contribution in [2.75, 3.05) is 6.61 Å². The molecule has 9 heteroatoms. The molecule has 2 aliphatic heterocycles. The number of aliphatic hydroxyl groups excluding tert-OH is 1. The molecule has 0 aromatic rings. The Hall–Kier alpha value is -1.71. The Morgan fingerprint density at radius 1 is 0.865 bits per heavy atom. The molecule has 2 heterocycles. The molecule has 2 aliphatic rings. The van der Waals surface area contributed by atoms with Crippen molar-refractivity contribution in [3.05, 3.63) is 0 Å². The summed E-state index contributed by atoms with van der Waals surface area (Å²) in [5.41, 5.74) is 0. The molecule has 0 aliphatic carbocycles. The lowest BCUT2D eigenvalue weighted by Crippen LogP contribution is -2.63. The van der Waals surface area contributed by atoms with Crippen molar-refractivity contribution in [2.45, 2.75) is 154 Å². The largest absolute Gasteiger partial charge is 0.456 e. The van der Waals surface area contributed by atoms with Gasteiger partial charge in [0.25, 0.3) is 0 Å². The lowest BCUT2D eigenvalue weighted by molar-refractivity contribution is -0.317. The third-order valence-electron chi connectivity index (χ3n) is 7.01. The van der Waals surface area contributed by atoms with Gasteiger partial charge in [0, 0.05) is 20.3 Å². The molecule has 214 valence electrons. The van der Waals surface area contributed by atoms with Crippen LogP contribution in [0.1, 0.15) is 117 Å². The Kier molecular flexibility index (Phi) is 15.1. The first-order chi connectivity index (χ1) is 17.8. The first kappa shape index (κ1) is 31.5. The molecule has 0 aromatic heterocycles. The minimum Gasteiger partial charge on any atom is -0.456 e. The number of ether oxygens (including phenoxy) is 5. The van der Waals surface area contributed by atoms with Crippen LogP contribution in [0.4, 0.5) is 0 Å². The molecule has 2 rings (SSSR count). The van der Waals surface area contributed by atoms with Gasteiger partial charge >= 0.3 is 17.9 Å². The molecule has 2 fully saturated rings. The van der Waals surface area contributed by atoms with Gasteiger partial charge in [-0.25, -0.2) is 0 Å². The van der Waals surface area contributed by atoms with E-state index in [0.717, 1.165) is 64.2 Å². The van der Waals surface area contributed by atoms with Crippen molar-refractivity contribution in [1.29, 1.82) is 0 Å². The van der Waals surface area contributed by atoms with Gasteiger partial charge in [-0.05, 0) is 19.3 Å². The first-order valence-corrected chi connectivity index (χ1v) is 14.3. The molecule has 9 nitrogen and oxygen atoms in total. The van der Waals surface area contributed by atoms with Gasteiger partial charge in [0.2, 0.25) is 0 Å². The van der Waals surface area contributed by atoms with Crippen molar-refractivity contribution >= 4 is 17.9 Å². The maximum absolute atomic E-state index is 12.9. The van der Waals surface area contributed by atoms with Crippen LogP contribution in [0.3, 0.4) is 0 Å². The summed E-state index contributed by atoms with van der Waals surface area (Å²) >= 11 is 0. The maximum Gasteiger partial charge on any atom is 0.306 e. The van der Waals surface area contributed by atoms with E-state index in [1.165, 1.54) is 33.1 Å². The topological polar surface area (TPSA) is 118 Å². The molecule has 0 bridgehead atoms. The summed E-state index contributed by atoms with van der Waals surface area (Å²) in [5.74, 6) is -1.70. The Morgan fingerprint density at radius 3 is 2.05 bits per heavy atom. The van der Waals surface area contributed by atoms with Crippen LogP contribution < -0.4 is 0 Å². The van der Waals surface area contributed by atoms with Crippen molar-refractivity contribution in [3.8, 4) is 0 Å². The van der Waals surface area contributed by atoms with E-state index < -0.39 is 55.2 Å². The normalized spacial score (nSPS) is 30.9. The Balaban J connectivity index is 2.34. The van der Waals surface area contributed by atoms with Crippen LogP contribution in [0.25, 0.3) is 0 Å². The number of esters is 3. The van der Waals surface area contributed by atoms with Gasteiger partial charge in [0.15, 0.2) is 24.6 Å². The van der Waals surface area contributed by atoms with E-state index in [2.05, 4.69) is 6.92 Å². The minimum atomic E-state index is -1.17. The van der Waals surface area contributed by atoms with Crippen molar-refractivity contribution in [3.63, 3.8) is 0 Å². The molecule has 0 spiro atoms. The summed E-state index contributed by atoms with van der Waals surface area (Å²) in [4.78, 5) is 36.8. The number of aliphatic hydroxyl groups is 1. The standard InChI is InChI=1S/C28H48O9/c1-4-5-13-16-22-17-14-11-9-7-6-8-10-12-15-18-24(32)37-27-26(34-21(3)31)25(33-20(2)30)23(19-29)36-28(27)35-22/h22-23,25-29H,4-19H2,1-3H3. The number of rotatable bonds is 7. The fourth-order valence-corrected chi connectivity index (χ4v) is 5.10. The molecule has 0 amide bonds. The van der Waals surface area contributed by atoms with Gasteiger partial charge < -0.3 is 28.8 Å². The van der Waals surface area contributed by atoms with Gasteiger partial charge in [-0.15, -0.1) is 0 Å². The van der Waals surface area contributed by atoms with Gasteiger partial charge in [-0.3, -0.25) is 14.4 Å². The summed E-state index contributed by atoms with van der Waals surface area (Å²) in [7, 11) is 0. The highest BCUT2D eigenvalue weighted by atomic mass is 16.7. The van der Waals surface area contributed by atoms with Crippen LogP contribution in [-0.2, 0) is 38.1 Å². The highest BCUT2D eigenvalue weighted by Gasteiger charge is 2.52. The third-order valence-corrected chi connectivity index (χ3v) is 7.01. The fourth-order valence-electron chi connectivity index (χ4n) is 5.10. The molecule has 37 heavy (non-hydrogen) atoms. The van der Waals surface area contributed by atoms with Gasteiger partial charge in [-0.1, -0.05) is 77.6 Å². The van der Waals surface area contributed by atoms with Crippen LogP contribution in [0.2, 0.25) is 0 Å². The molecule has 1 N–H and O–H groups in total. The SMILES string of the molecule is CCCCCC1CCCCCCCCCCCC(=O)OC2C(O1)OC(CO)C(OC(C)=O)C2OC(C)=O. The molecule has 6 unspecified atom stereocenters. The number of hydrogen-bond acceptors (Lipinski definition) is 9. The zero-order valence-electron chi connectivity index (χ0n) is 23.0. The lowest BCUT2D eigenvalue weighted by Gasteiger charge is -2.44. The van der Waals surface area contributed by atoms with Crippen LogP contribution in [-0.4, -0.2) is 66.4 Å². The highest BCUT2D eigenvalue weighted by molar-refractivity contribution is 5.70. The number of carbonyl (C=O) groups excluding carboxylic acids is 3. The Morgan fingerprint density at radius 2 is 1.46 bits per heavy atom. The minimum absolute atomic E-state index is 0.143. The lowest BCUT2D eigenvalue weighted by atomic mass is 9.97. The van der Waals surface area contributed by atoms with Gasteiger partial charge in [-0.2, -0.15) is 0 Å². The monoisotopic (exact) mass is 528 g/mol. The average molecular weight is 529 g/mol. The molecule has 6 atom stereocenters. The van der Waals surface area contributed by atoms with E-state index in [-0.39, 0.29) is 12.5 Å².